The number of aliphatic hydroxyl groups is 3. The molecule has 0 bridgehead atoms. The summed E-state index contributed by atoms with van der Waals surface area (Å²) in [5.74, 6) is -0.548. The average Bonchev–Trinajstić information content (AvgIpc) is 3.48. The highest BCUT2D eigenvalue weighted by Crippen LogP contribution is 2.17. The third kappa shape index (κ3) is 10.4. The van der Waals surface area contributed by atoms with Gasteiger partial charge in [0.2, 0.25) is 0 Å². The highest BCUT2D eigenvalue weighted by Gasteiger charge is 2.34. The van der Waals surface area contributed by atoms with Crippen LogP contribution in [0.1, 0.15) is 31.4 Å². The lowest BCUT2D eigenvalue weighted by atomic mass is 10.2. The van der Waals surface area contributed by atoms with Crippen molar-refractivity contribution in [3.8, 4) is 0 Å². The van der Waals surface area contributed by atoms with E-state index in [0.29, 0.717) is 32.5 Å². The van der Waals surface area contributed by atoms with E-state index in [-0.39, 0.29) is 38.1 Å². The molecule has 2 aromatic rings. The fraction of sp³-hybridized carbons (Fsp3) is 0.481. The Kier molecular flexibility index (Phi) is 14.5. The summed E-state index contributed by atoms with van der Waals surface area (Å²) in [5.41, 5.74) is 1.94. The van der Waals surface area contributed by atoms with Gasteiger partial charge in [0.25, 0.3) is 0 Å². The zero-order valence-electron chi connectivity index (χ0n) is 20.2. The maximum absolute atomic E-state index is 11.8. The van der Waals surface area contributed by atoms with Crippen LogP contribution >= 0.6 is 0 Å². The van der Waals surface area contributed by atoms with Gasteiger partial charge in [0.15, 0.2) is 0 Å². The number of nitrogens with zero attached hydrogens (tertiary/aromatic N) is 1. The van der Waals surface area contributed by atoms with Crippen molar-refractivity contribution in [3.63, 3.8) is 0 Å². The molecule has 0 saturated carbocycles. The molecule has 2 saturated heterocycles. The van der Waals surface area contributed by atoms with Gasteiger partial charge in [-0.05, 0) is 18.2 Å². The van der Waals surface area contributed by atoms with Crippen molar-refractivity contribution < 1.29 is 34.4 Å². The molecule has 4 N–H and O–H groups in total. The second-order valence-electron chi connectivity index (χ2n) is 8.38. The first-order chi connectivity index (χ1) is 16.9. The SMILES string of the molecule is C.CN1CC(O)CC1C(=O)OCc1ccccc1.CO.O=C(OCc1ccccc1)C1CC(O)CN1. The molecule has 2 fully saturated rings. The molecule has 4 atom stereocenters. The van der Waals surface area contributed by atoms with Crippen LogP contribution in [-0.4, -0.2) is 83.7 Å². The molecule has 2 aliphatic heterocycles. The molecule has 0 spiro atoms. The molecule has 0 amide bonds. The van der Waals surface area contributed by atoms with E-state index in [4.69, 9.17) is 14.6 Å². The first kappa shape index (κ1) is 31.2. The third-order valence-electron chi connectivity index (χ3n) is 5.64. The lowest BCUT2D eigenvalue weighted by Gasteiger charge is -2.17. The van der Waals surface area contributed by atoms with Gasteiger partial charge in [-0.3, -0.25) is 14.5 Å². The standard InChI is InChI=1S/C13H17NO3.C12H15NO3.CH4O.CH4/c1-14-8-11(15)7-12(14)13(16)17-9-10-5-3-2-4-6-10;14-10-6-11(13-7-10)12(15)16-8-9-4-2-1-3-5-9;1-2;/h2-6,11-12,15H,7-9H2,1H3;1-5,10-11,13-14H,6-8H2;2H,1H3;1H4. The molecule has 2 heterocycles. The summed E-state index contributed by atoms with van der Waals surface area (Å²) in [6.45, 7) is 1.57. The van der Waals surface area contributed by atoms with Gasteiger partial charge < -0.3 is 30.1 Å². The Hall–Kier alpha value is -2.82. The number of β-amino-alcohol motifs (C(OH)–C–C–N with tert-alkyl or cyclic N) is 2. The first-order valence-corrected chi connectivity index (χ1v) is 11.6. The van der Waals surface area contributed by atoms with Crippen molar-refractivity contribution in [1.29, 1.82) is 0 Å². The summed E-state index contributed by atoms with van der Waals surface area (Å²) < 4.78 is 10.4. The van der Waals surface area contributed by atoms with E-state index in [1.54, 1.807) is 0 Å². The van der Waals surface area contributed by atoms with Gasteiger partial charge in [0, 0.05) is 33.0 Å². The number of rotatable bonds is 6. The fourth-order valence-electron chi connectivity index (χ4n) is 3.80. The summed E-state index contributed by atoms with van der Waals surface area (Å²) in [5, 5.41) is 28.6. The normalized spacial score (nSPS) is 22.7. The maximum atomic E-state index is 11.8. The number of hydrogen-bond acceptors (Lipinski definition) is 9. The number of likely N-dealkylation sites (N-methyl/N-ethyl adjacent to an activating group) is 1. The largest absolute Gasteiger partial charge is 0.460 e. The summed E-state index contributed by atoms with van der Waals surface area (Å²) in [4.78, 5) is 25.2. The van der Waals surface area contributed by atoms with Crippen LogP contribution in [-0.2, 0) is 32.3 Å². The molecule has 0 radical (unpaired) electrons. The Balaban J connectivity index is 0.000000329. The molecule has 4 rings (SSSR count). The summed E-state index contributed by atoms with van der Waals surface area (Å²) >= 11 is 0. The van der Waals surface area contributed by atoms with Crippen molar-refractivity contribution in [2.45, 2.75) is 57.8 Å². The highest BCUT2D eigenvalue weighted by atomic mass is 16.5. The monoisotopic (exact) mass is 504 g/mol. The second kappa shape index (κ2) is 16.8. The number of benzene rings is 2. The van der Waals surface area contributed by atoms with Gasteiger partial charge in [0.05, 0.1) is 12.2 Å². The van der Waals surface area contributed by atoms with E-state index in [9.17, 15) is 19.8 Å². The molecule has 9 nitrogen and oxygen atoms in total. The summed E-state index contributed by atoms with van der Waals surface area (Å²) in [7, 11) is 2.82. The molecular weight excluding hydrogens is 464 g/mol. The van der Waals surface area contributed by atoms with Crippen LogP contribution in [0.3, 0.4) is 0 Å². The Bertz CT molecular complexity index is 882. The molecule has 4 unspecified atom stereocenters. The van der Waals surface area contributed by atoms with Crippen LogP contribution in [0, 0.1) is 0 Å². The van der Waals surface area contributed by atoms with Crippen LogP contribution in [0.2, 0.25) is 0 Å². The number of aliphatic hydroxyl groups excluding tert-OH is 3. The molecular formula is C27H40N2O7. The van der Waals surface area contributed by atoms with Crippen molar-refractivity contribution in [3.05, 3.63) is 71.8 Å². The van der Waals surface area contributed by atoms with Gasteiger partial charge in [0.1, 0.15) is 25.3 Å². The quantitative estimate of drug-likeness (QED) is 0.433. The smallest absolute Gasteiger partial charge is 0.323 e. The molecule has 2 aliphatic rings. The number of esters is 2. The second-order valence-corrected chi connectivity index (χ2v) is 8.38. The molecule has 0 aliphatic carbocycles. The van der Waals surface area contributed by atoms with Gasteiger partial charge in [-0.25, -0.2) is 0 Å². The van der Waals surface area contributed by atoms with Gasteiger partial charge in [-0.1, -0.05) is 68.1 Å². The molecule has 0 aromatic heterocycles. The lowest BCUT2D eigenvalue weighted by molar-refractivity contribution is -0.150. The van der Waals surface area contributed by atoms with E-state index in [0.717, 1.165) is 18.2 Å². The number of ether oxygens (including phenoxy) is 2. The molecule has 36 heavy (non-hydrogen) atoms. The predicted octanol–water partition coefficient (Wildman–Crippen LogP) is 1.49. The van der Waals surface area contributed by atoms with Crippen LogP contribution in [0.5, 0.6) is 0 Å². The highest BCUT2D eigenvalue weighted by molar-refractivity contribution is 5.76. The minimum atomic E-state index is -0.436. The van der Waals surface area contributed by atoms with Gasteiger partial charge in [-0.15, -0.1) is 0 Å². The van der Waals surface area contributed by atoms with Crippen LogP contribution in [0.15, 0.2) is 60.7 Å². The Labute approximate surface area is 213 Å². The number of carbonyl (C=O) groups is 2. The molecule has 9 heteroatoms. The number of nitrogens with one attached hydrogen (secondary N) is 1. The van der Waals surface area contributed by atoms with Crippen molar-refractivity contribution in [2.24, 2.45) is 0 Å². The van der Waals surface area contributed by atoms with Crippen molar-refractivity contribution in [1.82, 2.24) is 10.2 Å². The van der Waals surface area contributed by atoms with Crippen molar-refractivity contribution >= 4 is 11.9 Å². The average molecular weight is 505 g/mol. The number of carbonyl (C=O) groups excluding carboxylic acids is 2. The van der Waals surface area contributed by atoms with Crippen molar-refractivity contribution in [2.75, 3.05) is 27.2 Å². The Morgan fingerprint density at radius 1 is 0.861 bits per heavy atom. The summed E-state index contributed by atoms with van der Waals surface area (Å²) in [6.07, 6.45) is 0.0427. The van der Waals surface area contributed by atoms with Crippen LogP contribution in [0.25, 0.3) is 0 Å². The minimum Gasteiger partial charge on any atom is -0.460 e. The van der Waals surface area contributed by atoms with E-state index in [2.05, 4.69) is 5.32 Å². The van der Waals surface area contributed by atoms with Crippen LogP contribution < -0.4 is 5.32 Å². The maximum Gasteiger partial charge on any atom is 0.323 e. The summed E-state index contributed by atoms with van der Waals surface area (Å²) in [6, 6.07) is 18.4. The Morgan fingerprint density at radius 3 is 1.78 bits per heavy atom. The zero-order valence-corrected chi connectivity index (χ0v) is 20.2. The molecule has 2 aromatic carbocycles. The third-order valence-corrected chi connectivity index (χ3v) is 5.64. The van der Waals surface area contributed by atoms with E-state index in [1.165, 1.54) is 0 Å². The number of likely N-dealkylation sites (tertiary alicyclic amines) is 1. The fourth-order valence-corrected chi connectivity index (χ4v) is 3.80. The Morgan fingerprint density at radius 2 is 1.36 bits per heavy atom. The minimum absolute atomic E-state index is 0. The molecule has 200 valence electrons. The van der Waals surface area contributed by atoms with E-state index >= 15 is 0 Å². The van der Waals surface area contributed by atoms with Gasteiger partial charge in [-0.2, -0.15) is 0 Å². The van der Waals surface area contributed by atoms with E-state index in [1.807, 2.05) is 72.6 Å². The van der Waals surface area contributed by atoms with Gasteiger partial charge >= 0.3 is 11.9 Å². The topological polar surface area (TPSA) is 129 Å². The van der Waals surface area contributed by atoms with Crippen LogP contribution in [0.4, 0.5) is 0 Å². The predicted molar refractivity (Wildman–Crippen MR) is 137 cm³/mol. The van der Waals surface area contributed by atoms with E-state index < -0.39 is 12.2 Å². The number of hydrogen-bond donors (Lipinski definition) is 4. The first-order valence-electron chi connectivity index (χ1n) is 11.6. The zero-order chi connectivity index (χ0) is 25.6. The lowest BCUT2D eigenvalue weighted by Crippen LogP contribution is -2.34.